The van der Waals surface area contributed by atoms with Crippen LogP contribution in [0.5, 0.6) is 0 Å². The highest BCUT2D eigenvalue weighted by molar-refractivity contribution is 6.04. The van der Waals surface area contributed by atoms with Crippen molar-refractivity contribution in [2.24, 2.45) is 0 Å². The van der Waals surface area contributed by atoms with E-state index in [1.54, 1.807) is 13.0 Å². The predicted molar refractivity (Wildman–Crippen MR) is 85.6 cm³/mol. The summed E-state index contributed by atoms with van der Waals surface area (Å²) >= 11 is 0. The zero-order valence-electron chi connectivity index (χ0n) is 12.6. The predicted octanol–water partition coefficient (Wildman–Crippen LogP) is 4.12. The summed E-state index contributed by atoms with van der Waals surface area (Å²) in [5.74, 6) is 0.304. The van der Waals surface area contributed by atoms with Crippen molar-refractivity contribution in [2.45, 2.75) is 32.8 Å². The lowest BCUT2D eigenvalue weighted by molar-refractivity contribution is 0.102. The highest BCUT2D eigenvalue weighted by Crippen LogP contribution is 2.19. The Hall–Kier alpha value is -2.13. The van der Waals surface area contributed by atoms with Crippen molar-refractivity contribution in [1.29, 1.82) is 0 Å². The number of benzene rings is 2. The van der Waals surface area contributed by atoms with E-state index in [9.17, 15) is 9.90 Å². The molecule has 0 bridgehead atoms. The minimum atomic E-state index is -0.549. The molecule has 3 heteroatoms. The van der Waals surface area contributed by atoms with Crippen molar-refractivity contribution >= 4 is 11.6 Å². The first-order valence-electron chi connectivity index (χ1n) is 7.16. The second kappa shape index (κ2) is 6.55. The van der Waals surface area contributed by atoms with E-state index >= 15 is 0 Å². The maximum atomic E-state index is 12.2. The zero-order chi connectivity index (χ0) is 15.4. The molecule has 1 atom stereocenters. The molecule has 0 spiro atoms. The monoisotopic (exact) mass is 283 g/mol. The van der Waals surface area contributed by atoms with Gasteiger partial charge in [0.15, 0.2) is 0 Å². The van der Waals surface area contributed by atoms with Gasteiger partial charge in [-0.15, -0.1) is 0 Å². The number of hydrogen-bond acceptors (Lipinski definition) is 2. The minimum Gasteiger partial charge on any atom is -0.389 e. The molecule has 0 aromatic heterocycles. The normalized spacial score (nSPS) is 12.2. The lowest BCUT2D eigenvalue weighted by atomic mass is 10.0. The number of aliphatic hydroxyl groups excluding tert-OH is 1. The van der Waals surface area contributed by atoms with E-state index in [4.69, 9.17) is 0 Å². The van der Waals surface area contributed by atoms with Crippen LogP contribution in [0.15, 0.2) is 48.5 Å². The van der Waals surface area contributed by atoms with Gasteiger partial charge in [-0.1, -0.05) is 38.1 Å². The number of amides is 1. The molecule has 2 aromatic carbocycles. The molecule has 0 saturated carbocycles. The Balaban J connectivity index is 2.12. The van der Waals surface area contributed by atoms with E-state index < -0.39 is 6.10 Å². The average Bonchev–Trinajstić information content (AvgIpc) is 2.47. The van der Waals surface area contributed by atoms with E-state index in [1.165, 1.54) is 5.56 Å². The highest BCUT2D eigenvalue weighted by atomic mass is 16.3. The summed E-state index contributed by atoms with van der Waals surface area (Å²) in [5, 5.41) is 12.4. The third-order valence-electron chi connectivity index (χ3n) is 3.47. The van der Waals surface area contributed by atoms with Gasteiger partial charge in [0.2, 0.25) is 0 Å². The van der Waals surface area contributed by atoms with E-state index in [1.807, 2.05) is 42.5 Å². The molecule has 0 heterocycles. The van der Waals surface area contributed by atoms with Gasteiger partial charge in [0, 0.05) is 11.3 Å². The Labute approximate surface area is 125 Å². The van der Waals surface area contributed by atoms with Crippen molar-refractivity contribution in [2.75, 3.05) is 5.32 Å². The maximum Gasteiger partial charge on any atom is 0.255 e. The van der Waals surface area contributed by atoms with Gasteiger partial charge in [0.05, 0.1) is 6.10 Å². The molecule has 0 aliphatic carbocycles. The second-order valence-electron chi connectivity index (χ2n) is 5.53. The van der Waals surface area contributed by atoms with E-state index in [2.05, 4.69) is 19.2 Å². The van der Waals surface area contributed by atoms with Crippen LogP contribution in [0.3, 0.4) is 0 Å². The molecule has 21 heavy (non-hydrogen) atoms. The van der Waals surface area contributed by atoms with Gasteiger partial charge in [0.1, 0.15) is 0 Å². The van der Waals surface area contributed by atoms with Crippen molar-refractivity contribution in [3.05, 3.63) is 65.2 Å². The zero-order valence-corrected chi connectivity index (χ0v) is 12.6. The summed E-state index contributed by atoms with van der Waals surface area (Å²) in [6.07, 6.45) is -0.549. The summed E-state index contributed by atoms with van der Waals surface area (Å²) in [5.41, 5.74) is 3.30. The van der Waals surface area contributed by atoms with Gasteiger partial charge in [-0.2, -0.15) is 0 Å². The van der Waals surface area contributed by atoms with Gasteiger partial charge in [-0.3, -0.25) is 4.79 Å². The van der Waals surface area contributed by atoms with Gasteiger partial charge < -0.3 is 10.4 Å². The topological polar surface area (TPSA) is 49.3 Å². The Morgan fingerprint density at radius 1 is 1.00 bits per heavy atom. The Kier molecular flexibility index (Phi) is 4.76. The second-order valence-corrected chi connectivity index (χ2v) is 5.53. The summed E-state index contributed by atoms with van der Waals surface area (Å²) in [6.45, 7) is 5.94. The van der Waals surface area contributed by atoms with Crippen LogP contribution >= 0.6 is 0 Å². The molecule has 110 valence electrons. The van der Waals surface area contributed by atoms with Gasteiger partial charge >= 0.3 is 0 Å². The van der Waals surface area contributed by atoms with Crippen LogP contribution < -0.4 is 5.32 Å². The molecular formula is C18H21NO2. The van der Waals surface area contributed by atoms with Crippen LogP contribution in [0.2, 0.25) is 0 Å². The number of aliphatic hydroxyl groups is 1. The molecule has 1 amide bonds. The third-order valence-corrected chi connectivity index (χ3v) is 3.47. The van der Waals surface area contributed by atoms with Crippen LogP contribution in [0.25, 0.3) is 0 Å². The van der Waals surface area contributed by atoms with E-state index in [-0.39, 0.29) is 5.91 Å². The third kappa shape index (κ3) is 3.92. The molecule has 3 nitrogen and oxygen atoms in total. The van der Waals surface area contributed by atoms with Crippen LogP contribution in [0.4, 0.5) is 5.69 Å². The summed E-state index contributed by atoms with van der Waals surface area (Å²) in [6, 6.07) is 14.9. The minimum absolute atomic E-state index is 0.145. The van der Waals surface area contributed by atoms with Gasteiger partial charge in [-0.25, -0.2) is 0 Å². The van der Waals surface area contributed by atoms with Crippen LogP contribution in [-0.2, 0) is 0 Å². The number of carbonyl (C=O) groups excluding carboxylic acids is 1. The smallest absolute Gasteiger partial charge is 0.255 e. The Bertz CT molecular complexity index is 615. The van der Waals surface area contributed by atoms with Crippen molar-refractivity contribution in [1.82, 2.24) is 0 Å². The van der Waals surface area contributed by atoms with E-state index in [0.717, 1.165) is 5.56 Å². The van der Waals surface area contributed by atoms with Crippen molar-refractivity contribution < 1.29 is 9.90 Å². The van der Waals surface area contributed by atoms with Crippen LogP contribution in [0.1, 0.15) is 54.3 Å². The van der Waals surface area contributed by atoms with Gasteiger partial charge in [-0.05, 0) is 48.2 Å². The fraction of sp³-hybridized carbons (Fsp3) is 0.278. The molecule has 0 unspecified atom stereocenters. The summed E-state index contributed by atoms with van der Waals surface area (Å²) < 4.78 is 0. The molecule has 0 aliphatic heterocycles. The average molecular weight is 283 g/mol. The lowest BCUT2D eigenvalue weighted by Crippen LogP contribution is -2.12. The van der Waals surface area contributed by atoms with Crippen molar-refractivity contribution in [3.8, 4) is 0 Å². The number of hydrogen-bond donors (Lipinski definition) is 2. The van der Waals surface area contributed by atoms with Crippen LogP contribution in [-0.4, -0.2) is 11.0 Å². The molecule has 0 fully saturated rings. The molecule has 0 saturated heterocycles. The standard InChI is InChI=1S/C18H21NO2/c1-12(2)14-7-9-15(10-8-14)18(21)19-17-6-4-5-16(11-17)13(3)20/h4-13,20H,1-3H3,(H,19,21)/t13-/m0/s1. The van der Waals surface area contributed by atoms with Crippen molar-refractivity contribution in [3.63, 3.8) is 0 Å². The molecule has 2 rings (SSSR count). The first-order chi connectivity index (χ1) is 9.97. The number of rotatable bonds is 4. The Morgan fingerprint density at radius 2 is 1.67 bits per heavy atom. The quantitative estimate of drug-likeness (QED) is 0.887. The lowest BCUT2D eigenvalue weighted by Gasteiger charge is -2.10. The Morgan fingerprint density at radius 3 is 2.24 bits per heavy atom. The SMILES string of the molecule is CC(C)c1ccc(C(=O)Nc2cccc([C@H](C)O)c2)cc1. The fourth-order valence-corrected chi connectivity index (χ4v) is 2.10. The first-order valence-corrected chi connectivity index (χ1v) is 7.16. The molecule has 2 N–H and O–H groups in total. The molecule has 0 radical (unpaired) electrons. The first kappa shape index (κ1) is 15.3. The molecular weight excluding hydrogens is 262 g/mol. The maximum absolute atomic E-state index is 12.2. The number of nitrogens with one attached hydrogen (secondary N) is 1. The fourth-order valence-electron chi connectivity index (χ4n) is 2.10. The number of carbonyl (C=O) groups is 1. The summed E-state index contributed by atoms with van der Waals surface area (Å²) in [7, 11) is 0. The molecule has 0 aliphatic rings. The molecule has 2 aromatic rings. The van der Waals surface area contributed by atoms with Gasteiger partial charge in [0.25, 0.3) is 5.91 Å². The van der Waals surface area contributed by atoms with E-state index in [0.29, 0.717) is 17.2 Å². The largest absolute Gasteiger partial charge is 0.389 e. The highest BCUT2D eigenvalue weighted by Gasteiger charge is 2.08. The summed E-state index contributed by atoms with van der Waals surface area (Å²) in [4.78, 5) is 12.2. The van der Waals surface area contributed by atoms with Crippen LogP contribution in [0, 0.1) is 0 Å². The number of anilines is 1.